The number of carbonyl (C=O) groups is 1. The van der Waals surface area contributed by atoms with Crippen LogP contribution in [0.3, 0.4) is 0 Å². The number of aliphatic hydroxyl groups excluding tert-OH is 1. The van der Waals surface area contributed by atoms with E-state index >= 15 is 0 Å². The largest absolute Gasteiger partial charge is 0.384 e. The number of nitrogens with one attached hydrogen (secondary N) is 1. The number of rotatable bonds is 2. The molecule has 0 aliphatic carbocycles. The van der Waals surface area contributed by atoms with Gasteiger partial charge in [0.25, 0.3) is 5.91 Å². The second-order valence-electron chi connectivity index (χ2n) is 3.62. The Morgan fingerprint density at radius 3 is 2.95 bits per heavy atom. The molecule has 0 radical (unpaired) electrons. The highest BCUT2D eigenvalue weighted by Crippen LogP contribution is 2.16. The van der Waals surface area contributed by atoms with Crippen LogP contribution in [0.5, 0.6) is 0 Å². The highest BCUT2D eigenvalue weighted by molar-refractivity contribution is 7.08. The van der Waals surface area contributed by atoms with Gasteiger partial charge in [0.05, 0.1) is 11.1 Å². The Morgan fingerprint density at radius 2 is 2.26 bits per heavy atom. The number of carbonyl (C=O) groups excluding carboxylic acids is 1. The van der Waals surface area contributed by atoms with Gasteiger partial charge in [-0.25, -0.2) is 4.39 Å². The Morgan fingerprint density at radius 1 is 1.42 bits per heavy atom. The van der Waals surface area contributed by atoms with Gasteiger partial charge in [-0.1, -0.05) is 11.8 Å². The quantitative estimate of drug-likeness (QED) is 0.827. The molecule has 1 aromatic carbocycles. The van der Waals surface area contributed by atoms with Crippen molar-refractivity contribution in [2.75, 3.05) is 11.9 Å². The molecule has 0 aliphatic heterocycles. The molecule has 2 rings (SSSR count). The maximum absolute atomic E-state index is 13.4. The average Bonchev–Trinajstić information content (AvgIpc) is 2.93. The van der Waals surface area contributed by atoms with Gasteiger partial charge in [0.15, 0.2) is 0 Å². The summed E-state index contributed by atoms with van der Waals surface area (Å²) < 4.78 is 13.4. The predicted octanol–water partition coefficient (Wildman–Crippen LogP) is 2.48. The van der Waals surface area contributed by atoms with E-state index in [9.17, 15) is 9.18 Å². The standard InChI is InChI=1S/C14H10FNO2S/c15-13-4-3-12(8-10(13)2-1-6-17)16-14(18)11-5-7-19-9-11/h3-5,7-9,17H,6H2,(H,16,18). The van der Waals surface area contributed by atoms with E-state index in [1.165, 1.54) is 29.5 Å². The lowest BCUT2D eigenvalue weighted by Crippen LogP contribution is -2.10. The van der Waals surface area contributed by atoms with Gasteiger partial charge < -0.3 is 10.4 Å². The van der Waals surface area contributed by atoms with Crippen molar-refractivity contribution >= 4 is 22.9 Å². The van der Waals surface area contributed by atoms with Crippen LogP contribution in [0.25, 0.3) is 0 Å². The van der Waals surface area contributed by atoms with E-state index in [0.29, 0.717) is 11.3 Å². The number of aliphatic hydroxyl groups is 1. The summed E-state index contributed by atoms with van der Waals surface area (Å²) >= 11 is 1.42. The summed E-state index contributed by atoms with van der Waals surface area (Å²) in [5, 5.41) is 14.8. The number of halogens is 1. The van der Waals surface area contributed by atoms with Gasteiger partial charge in [-0.05, 0) is 29.6 Å². The molecule has 1 heterocycles. The van der Waals surface area contributed by atoms with E-state index in [1.54, 1.807) is 16.8 Å². The van der Waals surface area contributed by atoms with E-state index in [4.69, 9.17) is 5.11 Å². The smallest absolute Gasteiger partial charge is 0.256 e. The maximum atomic E-state index is 13.4. The molecule has 0 bridgehead atoms. The van der Waals surface area contributed by atoms with Crippen LogP contribution in [0.1, 0.15) is 15.9 Å². The van der Waals surface area contributed by atoms with Crippen molar-refractivity contribution in [1.82, 2.24) is 0 Å². The fourth-order valence-corrected chi connectivity index (χ4v) is 2.07. The number of thiophene rings is 1. The first-order valence-electron chi connectivity index (χ1n) is 5.43. The molecule has 96 valence electrons. The molecule has 0 fully saturated rings. The van der Waals surface area contributed by atoms with Crippen LogP contribution in [-0.4, -0.2) is 17.6 Å². The van der Waals surface area contributed by atoms with E-state index in [0.717, 1.165) is 0 Å². The lowest BCUT2D eigenvalue weighted by molar-refractivity contribution is 0.102. The van der Waals surface area contributed by atoms with Gasteiger partial charge in [0, 0.05) is 11.1 Å². The molecule has 2 aromatic rings. The van der Waals surface area contributed by atoms with Crippen molar-refractivity contribution in [3.05, 3.63) is 52.0 Å². The molecular weight excluding hydrogens is 265 g/mol. The zero-order valence-corrected chi connectivity index (χ0v) is 10.6. The van der Waals surface area contributed by atoms with E-state index in [-0.39, 0.29) is 18.1 Å². The molecule has 3 nitrogen and oxygen atoms in total. The third-order valence-corrected chi connectivity index (χ3v) is 2.99. The molecular formula is C14H10FNO2S. The van der Waals surface area contributed by atoms with Gasteiger partial charge in [-0.3, -0.25) is 4.79 Å². The average molecular weight is 275 g/mol. The molecule has 0 atom stereocenters. The summed E-state index contributed by atoms with van der Waals surface area (Å²) in [6, 6.07) is 5.83. The van der Waals surface area contributed by atoms with Gasteiger partial charge in [0.2, 0.25) is 0 Å². The Kier molecular flexibility index (Phi) is 4.29. The lowest BCUT2D eigenvalue weighted by Gasteiger charge is -2.04. The van der Waals surface area contributed by atoms with Crippen molar-refractivity contribution in [2.45, 2.75) is 0 Å². The summed E-state index contributed by atoms with van der Waals surface area (Å²) in [6.45, 7) is -0.342. The molecule has 2 N–H and O–H groups in total. The van der Waals surface area contributed by atoms with Gasteiger partial charge >= 0.3 is 0 Å². The normalized spacial score (nSPS) is 9.58. The van der Waals surface area contributed by atoms with Crippen LogP contribution in [0, 0.1) is 17.7 Å². The van der Waals surface area contributed by atoms with E-state index < -0.39 is 5.82 Å². The molecule has 0 spiro atoms. The minimum Gasteiger partial charge on any atom is -0.384 e. The summed E-state index contributed by atoms with van der Waals surface area (Å²) in [5.41, 5.74) is 1.15. The number of hydrogen-bond acceptors (Lipinski definition) is 3. The Labute approximate surface area is 113 Å². The fraction of sp³-hybridized carbons (Fsp3) is 0.0714. The highest BCUT2D eigenvalue weighted by Gasteiger charge is 2.07. The third-order valence-electron chi connectivity index (χ3n) is 2.31. The van der Waals surface area contributed by atoms with E-state index in [1.807, 2.05) is 0 Å². The van der Waals surface area contributed by atoms with E-state index in [2.05, 4.69) is 17.2 Å². The van der Waals surface area contributed by atoms with Gasteiger partial charge in [0.1, 0.15) is 12.4 Å². The van der Waals surface area contributed by atoms with Crippen LogP contribution >= 0.6 is 11.3 Å². The summed E-state index contributed by atoms with van der Waals surface area (Å²) in [7, 11) is 0. The number of anilines is 1. The molecule has 1 amide bonds. The number of amides is 1. The molecule has 0 saturated carbocycles. The minimum absolute atomic E-state index is 0.136. The first kappa shape index (κ1) is 13.3. The lowest BCUT2D eigenvalue weighted by atomic mass is 10.2. The first-order chi connectivity index (χ1) is 9.20. The second kappa shape index (κ2) is 6.14. The van der Waals surface area contributed by atoms with Crippen molar-refractivity contribution in [2.24, 2.45) is 0 Å². The zero-order valence-electron chi connectivity index (χ0n) is 9.81. The monoisotopic (exact) mass is 275 g/mol. The molecule has 5 heteroatoms. The predicted molar refractivity (Wildman–Crippen MR) is 72.6 cm³/mol. The molecule has 0 unspecified atom stereocenters. The summed E-state index contributed by atoms with van der Waals surface area (Å²) in [5.74, 6) is 4.11. The second-order valence-corrected chi connectivity index (χ2v) is 4.40. The van der Waals surface area contributed by atoms with Crippen molar-refractivity contribution < 1.29 is 14.3 Å². The van der Waals surface area contributed by atoms with Crippen LogP contribution in [0.4, 0.5) is 10.1 Å². The summed E-state index contributed by atoms with van der Waals surface area (Å²) in [6.07, 6.45) is 0. The molecule has 1 aromatic heterocycles. The Hall–Kier alpha value is -2.16. The van der Waals surface area contributed by atoms with Crippen LogP contribution < -0.4 is 5.32 Å². The van der Waals surface area contributed by atoms with Gasteiger partial charge in [-0.15, -0.1) is 0 Å². The molecule has 0 aliphatic rings. The minimum atomic E-state index is -0.491. The summed E-state index contributed by atoms with van der Waals surface area (Å²) in [4.78, 5) is 11.8. The fourth-order valence-electron chi connectivity index (χ4n) is 1.43. The van der Waals surface area contributed by atoms with Crippen LogP contribution in [0.2, 0.25) is 0 Å². The number of benzene rings is 1. The molecule has 19 heavy (non-hydrogen) atoms. The van der Waals surface area contributed by atoms with Gasteiger partial charge in [-0.2, -0.15) is 11.3 Å². The van der Waals surface area contributed by atoms with Crippen LogP contribution in [0.15, 0.2) is 35.0 Å². The Bertz CT molecular complexity index is 641. The van der Waals surface area contributed by atoms with Crippen molar-refractivity contribution in [3.8, 4) is 11.8 Å². The molecule has 0 saturated heterocycles. The van der Waals surface area contributed by atoms with Crippen molar-refractivity contribution in [3.63, 3.8) is 0 Å². The maximum Gasteiger partial charge on any atom is 0.256 e. The van der Waals surface area contributed by atoms with Crippen molar-refractivity contribution in [1.29, 1.82) is 0 Å². The highest BCUT2D eigenvalue weighted by atomic mass is 32.1. The topological polar surface area (TPSA) is 49.3 Å². The first-order valence-corrected chi connectivity index (χ1v) is 6.38. The van der Waals surface area contributed by atoms with Crippen LogP contribution in [-0.2, 0) is 0 Å². The number of hydrogen-bond donors (Lipinski definition) is 2. The Balaban J connectivity index is 2.19. The zero-order chi connectivity index (χ0) is 13.7. The third kappa shape index (κ3) is 3.41. The SMILES string of the molecule is O=C(Nc1ccc(F)c(C#CCO)c1)c1ccsc1.